The van der Waals surface area contributed by atoms with Gasteiger partial charge in [-0.25, -0.2) is 4.98 Å². The van der Waals surface area contributed by atoms with Gasteiger partial charge < -0.3 is 14.4 Å². The van der Waals surface area contributed by atoms with E-state index in [0.717, 1.165) is 23.0 Å². The lowest BCUT2D eigenvalue weighted by Gasteiger charge is -2.15. The third kappa shape index (κ3) is 4.91. The smallest absolute Gasteiger partial charge is 0.261 e. The van der Waals surface area contributed by atoms with Crippen molar-refractivity contribution in [3.63, 3.8) is 0 Å². The molecule has 0 aliphatic heterocycles. The van der Waals surface area contributed by atoms with Crippen molar-refractivity contribution in [1.82, 2.24) is 14.5 Å². The summed E-state index contributed by atoms with van der Waals surface area (Å²) in [6, 6.07) is 11.4. The molecule has 2 aromatic carbocycles. The molecule has 0 amide bonds. The maximum absolute atomic E-state index is 13.3. The summed E-state index contributed by atoms with van der Waals surface area (Å²) in [5.74, 6) is 1.66. The van der Waals surface area contributed by atoms with Crippen molar-refractivity contribution in [2.24, 2.45) is 0 Å². The highest BCUT2D eigenvalue weighted by atomic mass is 79.9. The van der Waals surface area contributed by atoms with Crippen molar-refractivity contribution in [2.75, 3.05) is 34.9 Å². The van der Waals surface area contributed by atoms with Crippen LogP contribution in [0.4, 0.5) is 0 Å². The van der Waals surface area contributed by atoms with E-state index in [1.165, 1.54) is 0 Å². The second-order valence-electron chi connectivity index (χ2n) is 7.16. The Labute approximate surface area is 184 Å². The number of halogens is 1. The molecule has 0 N–H and O–H groups in total. The van der Waals surface area contributed by atoms with E-state index in [2.05, 4.69) is 20.8 Å². The first-order valence-corrected chi connectivity index (χ1v) is 10.5. The molecule has 1 aromatic heterocycles. The van der Waals surface area contributed by atoms with E-state index in [0.29, 0.717) is 34.8 Å². The molecular weight excluding hydrogens is 446 g/mol. The lowest BCUT2D eigenvalue weighted by molar-refractivity contribution is 0.355. The van der Waals surface area contributed by atoms with Crippen LogP contribution in [0.2, 0.25) is 0 Å². The number of ether oxygens (including phenoxy) is 2. The number of hydrogen-bond donors (Lipinski definition) is 0. The summed E-state index contributed by atoms with van der Waals surface area (Å²) in [5.41, 5.74) is 1.50. The van der Waals surface area contributed by atoms with Crippen molar-refractivity contribution < 1.29 is 9.47 Å². The minimum atomic E-state index is -0.0912. The summed E-state index contributed by atoms with van der Waals surface area (Å²) in [6.07, 6.45) is 4.68. The van der Waals surface area contributed by atoms with Gasteiger partial charge in [0.15, 0.2) is 11.5 Å². The van der Waals surface area contributed by atoms with E-state index in [-0.39, 0.29) is 5.56 Å². The van der Waals surface area contributed by atoms with Gasteiger partial charge in [0, 0.05) is 17.1 Å². The Morgan fingerprint density at radius 1 is 1.10 bits per heavy atom. The Morgan fingerprint density at radius 3 is 2.47 bits per heavy atom. The van der Waals surface area contributed by atoms with E-state index < -0.39 is 0 Å². The average Bonchev–Trinajstić information content (AvgIpc) is 2.73. The second-order valence-corrected chi connectivity index (χ2v) is 8.02. The zero-order valence-electron chi connectivity index (χ0n) is 17.7. The van der Waals surface area contributed by atoms with Crippen LogP contribution in [-0.4, -0.2) is 49.3 Å². The highest BCUT2D eigenvalue weighted by Crippen LogP contribution is 2.30. The third-order valence-electron chi connectivity index (χ3n) is 4.79. The molecule has 0 aliphatic carbocycles. The lowest BCUT2D eigenvalue weighted by Crippen LogP contribution is -2.26. The number of fused-ring (bicyclic) bond motifs is 1. The molecule has 1 heterocycles. The van der Waals surface area contributed by atoms with Crippen LogP contribution in [-0.2, 0) is 6.54 Å². The molecule has 3 aromatic rings. The number of nitrogens with zero attached hydrogens (tertiary/aromatic N) is 3. The molecule has 0 spiro atoms. The van der Waals surface area contributed by atoms with Crippen LogP contribution in [0.25, 0.3) is 23.1 Å². The van der Waals surface area contributed by atoms with Crippen LogP contribution in [0, 0.1) is 0 Å². The molecule has 0 radical (unpaired) electrons. The molecule has 6 nitrogen and oxygen atoms in total. The SMILES string of the molecule is COc1cc2nc(/C=C/c3ccccc3Br)n(CCCN(C)C)c(=O)c2cc1OC. The fourth-order valence-corrected chi connectivity index (χ4v) is 3.65. The van der Waals surface area contributed by atoms with Crippen LogP contribution < -0.4 is 15.0 Å². The Bertz CT molecular complexity index is 1120. The molecule has 0 bridgehead atoms. The van der Waals surface area contributed by atoms with Crippen LogP contribution in [0.3, 0.4) is 0 Å². The van der Waals surface area contributed by atoms with Gasteiger partial charge in [0.05, 0.1) is 25.1 Å². The van der Waals surface area contributed by atoms with E-state index in [9.17, 15) is 4.79 Å². The molecule has 30 heavy (non-hydrogen) atoms. The molecule has 0 saturated carbocycles. The Morgan fingerprint density at radius 2 is 1.80 bits per heavy atom. The van der Waals surface area contributed by atoms with Gasteiger partial charge >= 0.3 is 0 Å². The minimum absolute atomic E-state index is 0.0912. The summed E-state index contributed by atoms with van der Waals surface area (Å²) < 4.78 is 13.5. The number of hydrogen-bond acceptors (Lipinski definition) is 5. The Hall–Kier alpha value is -2.64. The standard InChI is InChI=1S/C23H26BrN3O3/c1-26(2)12-7-13-27-22(11-10-16-8-5-6-9-18(16)24)25-19-15-21(30-4)20(29-3)14-17(19)23(27)28/h5-6,8-11,14-15H,7,12-13H2,1-4H3/b11-10+. The molecule has 3 rings (SSSR count). The predicted molar refractivity (Wildman–Crippen MR) is 125 cm³/mol. The maximum Gasteiger partial charge on any atom is 0.261 e. The normalized spacial score (nSPS) is 11.5. The summed E-state index contributed by atoms with van der Waals surface area (Å²) in [7, 11) is 7.17. The van der Waals surface area contributed by atoms with E-state index in [1.54, 1.807) is 30.9 Å². The maximum atomic E-state index is 13.3. The second kappa shape index (κ2) is 9.91. The Balaban J connectivity index is 2.14. The Kier molecular flexibility index (Phi) is 7.29. The molecule has 0 fully saturated rings. The first kappa shape index (κ1) is 22.1. The lowest BCUT2D eigenvalue weighted by atomic mass is 10.2. The van der Waals surface area contributed by atoms with E-state index in [4.69, 9.17) is 14.5 Å². The minimum Gasteiger partial charge on any atom is -0.493 e. The van der Waals surface area contributed by atoms with Crippen molar-refractivity contribution in [3.8, 4) is 11.5 Å². The molecule has 0 saturated heterocycles. The van der Waals surface area contributed by atoms with Gasteiger partial charge in [-0.2, -0.15) is 0 Å². The van der Waals surface area contributed by atoms with Gasteiger partial charge in [0.2, 0.25) is 0 Å². The predicted octanol–water partition coefficient (Wildman–Crippen LogP) is 4.30. The van der Waals surface area contributed by atoms with Crippen molar-refractivity contribution >= 4 is 39.0 Å². The summed E-state index contributed by atoms with van der Waals surface area (Å²) in [6.45, 7) is 1.45. The molecule has 7 heteroatoms. The molecule has 0 aliphatic rings. The fraction of sp³-hybridized carbons (Fsp3) is 0.304. The third-order valence-corrected chi connectivity index (χ3v) is 5.52. The number of methoxy groups -OCH3 is 2. The van der Waals surface area contributed by atoms with Crippen LogP contribution in [0.15, 0.2) is 45.7 Å². The molecular formula is C23H26BrN3O3. The largest absolute Gasteiger partial charge is 0.493 e. The van der Waals surface area contributed by atoms with Gasteiger partial charge in [0.1, 0.15) is 5.82 Å². The zero-order chi connectivity index (χ0) is 21.7. The van der Waals surface area contributed by atoms with Gasteiger partial charge in [-0.3, -0.25) is 9.36 Å². The van der Waals surface area contributed by atoms with E-state index in [1.807, 2.05) is 50.5 Å². The van der Waals surface area contributed by atoms with Gasteiger partial charge in [-0.15, -0.1) is 0 Å². The zero-order valence-corrected chi connectivity index (χ0v) is 19.3. The van der Waals surface area contributed by atoms with Crippen LogP contribution in [0.5, 0.6) is 11.5 Å². The van der Waals surface area contributed by atoms with Crippen molar-refractivity contribution in [2.45, 2.75) is 13.0 Å². The summed E-state index contributed by atoms with van der Waals surface area (Å²) in [4.78, 5) is 20.2. The highest BCUT2D eigenvalue weighted by molar-refractivity contribution is 9.10. The van der Waals surface area contributed by atoms with Crippen LogP contribution in [0.1, 0.15) is 17.8 Å². The highest BCUT2D eigenvalue weighted by Gasteiger charge is 2.14. The quantitative estimate of drug-likeness (QED) is 0.490. The topological polar surface area (TPSA) is 56.6 Å². The fourth-order valence-electron chi connectivity index (χ4n) is 3.23. The van der Waals surface area contributed by atoms with Gasteiger partial charge in [-0.1, -0.05) is 40.2 Å². The van der Waals surface area contributed by atoms with Crippen LogP contribution >= 0.6 is 15.9 Å². The average molecular weight is 472 g/mol. The monoisotopic (exact) mass is 471 g/mol. The number of benzene rings is 2. The van der Waals surface area contributed by atoms with Crippen molar-refractivity contribution in [3.05, 3.63) is 62.6 Å². The van der Waals surface area contributed by atoms with Gasteiger partial charge in [-0.05, 0) is 50.8 Å². The molecule has 158 valence electrons. The number of aromatic nitrogens is 2. The first-order valence-electron chi connectivity index (χ1n) is 9.68. The first-order chi connectivity index (χ1) is 14.4. The van der Waals surface area contributed by atoms with Gasteiger partial charge in [0.25, 0.3) is 5.56 Å². The summed E-state index contributed by atoms with van der Waals surface area (Å²) >= 11 is 3.56. The molecule has 0 unspecified atom stereocenters. The number of rotatable bonds is 8. The van der Waals surface area contributed by atoms with Crippen molar-refractivity contribution in [1.29, 1.82) is 0 Å². The molecule has 0 atom stereocenters. The summed E-state index contributed by atoms with van der Waals surface area (Å²) in [5, 5.41) is 0.510. The van der Waals surface area contributed by atoms with E-state index >= 15 is 0 Å².